The standard InChI is InChI=1S/C14H10F7N2.C12H10F3N2/c15-12(16,13(17,18)14(19,20)21)7-22-6-10-3-1-2-9-4-5-23(8-22)11(9)10;13-12(14,15)7-16-6-10-3-1-2-9-4-5-17(8-16)11(9)10/h1-6H,7-8H2;1-6H,7-8H2/q2*+1. The Bertz CT molecular complexity index is 1640. The van der Waals surface area contributed by atoms with Crippen LogP contribution in [0.25, 0.3) is 21.8 Å². The van der Waals surface area contributed by atoms with Crippen LogP contribution in [0.1, 0.15) is 11.1 Å². The number of halogens is 10. The van der Waals surface area contributed by atoms with Gasteiger partial charge in [0.1, 0.15) is 0 Å². The van der Waals surface area contributed by atoms with Crippen molar-refractivity contribution in [2.75, 3.05) is 13.1 Å². The Labute approximate surface area is 219 Å². The highest BCUT2D eigenvalue weighted by Gasteiger charge is 2.74. The summed E-state index contributed by atoms with van der Waals surface area (Å²) in [6.45, 7) is -2.64. The Morgan fingerprint density at radius 3 is 1.48 bits per heavy atom. The Morgan fingerprint density at radius 2 is 1.05 bits per heavy atom. The molecule has 0 saturated carbocycles. The first-order valence-corrected chi connectivity index (χ1v) is 11.8. The molecule has 6 rings (SSSR count). The summed E-state index contributed by atoms with van der Waals surface area (Å²) in [5, 5.41) is 1.89. The molecule has 14 heteroatoms. The maximum atomic E-state index is 13.5. The van der Waals surface area contributed by atoms with Crippen LogP contribution in [0, 0.1) is 0 Å². The topological polar surface area (TPSA) is 15.9 Å². The zero-order chi connectivity index (χ0) is 29.1. The van der Waals surface area contributed by atoms with Gasteiger partial charge in [0.25, 0.3) is 0 Å². The smallest absolute Gasteiger partial charge is 0.291 e. The Kier molecular flexibility index (Phi) is 6.49. The maximum absolute atomic E-state index is 13.5. The van der Waals surface area contributed by atoms with Gasteiger partial charge < -0.3 is 0 Å². The van der Waals surface area contributed by atoms with Crippen molar-refractivity contribution in [2.24, 2.45) is 0 Å². The SMILES string of the molecule is FC(F)(F)C(F)(F)C(F)(F)C[N+]1=Cc2cccc3ccn(c23)C1.FC(F)(F)C[N+]1=Cc2cccc3ccn(c23)C1. The summed E-state index contributed by atoms with van der Waals surface area (Å²) in [5.74, 6) is -11.4. The predicted octanol–water partition coefficient (Wildman–Crippen LogP) is 6.48. The maximum Gasteiger partial charge on any atom is 0.460 e. The fourth-order valence-corrected chi connectivity index (χ4v) is 4.88. The molecule has 2 aromatic heterocycles. The fraction of sp³-hybridized carbons (Fsp3) is 0.308. The van der Waals surface area contributed by atoms with Gasteiger partial charge in [0.05, 0.1) is 22.2 Å². The van der Waals surface area contributed by atoms with Crippen molar-refractivity contribution in [3.63, 3.8) is 0 Å². The van der Waals surface area contributed by atoms with Crippen LogP contribution in [0.15, 0.2) is 60.9 Å². The fourth-order valence-electron chi connectivity index (χ4n) is 4.88. The predicted molar refractivity (Wildman–Crippen MR) is 126 cm³/mol. The molecule has 0 amide bonds. The molecule has 40 heavy (non-hydrogen) atoms. The first-order valence-electron chi connectivity index (χ1n) is 11.8. The minimum absolute atomic E-state index is 0.232. The third kappa shape index (κ3) is 5.06. The first kappa shape index (κ1) is 27.7. The second-order valence-electron chi connectivity index (χ2n) is 9.57. The molecule has 0 fully saturated rings. The van der Waals surface area contributed by atoms with Crippen LogP contribution >= 0.6 is 0 Å². The minimum Gasteiger partial charge on any atom is -0.291 e. The summed E-state index contributed by atoms with van der Waals surface area (Å²) >= 11 is 0. The molecule has 0 atom stereocenters. The van der Waals surface area contributed by atoms with Crippen molar-refractivity contribution < 1.29 is 53.1 Å². The van der Waals surface area contributed by atoms with Gasteiger partial charge in [-0.3, -0.25) is 9.13 Å². The molecule has 4 heterocycles. The lowest BCUT2D eigenvalue weighted by molar-refractivity contribution is -0.585. The molecule has 2 aromatic carbocycles. The van der Waals surface area contributed by atoms with Crippen LogP contribution < -0.4 is 0 Å². The van der Waals surface area contributed by atoms with E-state index in [9.17, 15) is 43.9 Å². The number of nitrogens with zero attached hydrogens (tertiary/aromatic N) is 4. The van der Waals surface area contributed by atoms with Crippen molar-refractivity contribution in [3.05, 3.63) is 72.1 Å². The van der Waals surface area contributed by atoms with E-state index in [1.54, 1.807) is 36.7 Å². The number of para-hydroxylation sites is 2. The monoisotopic (exact) mass is 578 g/mol. The summed E-state index contributed by atoms with van der Waals surface area (Å²) in [7, 11) is 0. The van der Waals surface area contributed by atoms with E-state index in [0.29, 0.717) is 5.56 Å². The lowest BCUT2D eigenvalue weighted by Gasteiger charge is -2.27. The van der Waals surface area contributed by atoms with Crippen LogP contribution in [0.4, 0.5) is 43.9 Å². The Balaban J connectivity index is 0.000000168. The average Bonchev–Trinajstić information content (AvgIpc) is 3.44. The number of benzene rings is 2. The molecule has 0 aliphatic carbocycles. The lowest BCUT2D eigenvalue weighted by Crippen LogP contribution is -2.56. The lowest BCUT2D eigenvalue weighted by atomic mass is 10.1. The van der Waals surface area contributed by atoms with E-state index < -0.39 is 37.3 Å². The summed E-state index contributed by atoms with van der Waals surface area (Å²) in [6, 6.07) is 14.3. The zero-order valence-electron chi connectivity index (χ0n) is 20.3. The van der Waals surface area contributed by atoms with Crippen LogP contribution in [0.2, 0.25) is 0 Å². The summed E-state index contributed by atoms with van der Waals surface area (Å²) in [6.07, 6.45) is -4.35. The van der Waals surface area contributed by atoms with Gasteiger partial charge in [-0.05, 0) is 24.3 Å². The van der Waals surface area contributed by atoms with Crippen LogP contribution in [-0.2, 0) is 13.3 Å². The van der Waals surface area contributed by atoms with E-state index in [0.717, 1.165) is 31.9 Å². The third-order valence-electron chi connectivity index (χ3n) is 6.55. The van der Waals surface area contributed by atoms with E-state index in [1.807, 2.05) is 35.0 Å². The normalized spacial score (nSPS) is 15.6. The van der Waals surface area contributed by atoms with Gasteiger partial charge in [-0.1, -0.05) is 24.3 Å². The highest BCUT2D eigenvalue weighted by atomic mass is 19.4. The second kappa shape index (κ2) is 9.37. The molecule has 0 saturated heterocycles. The van der Waals surface area contributed by atoms with Crippen LogP contribution in [0.5, 0.6) is 0 Å². The molecule has 0 radical (unpaired) electrons. The first-order chi connectivity index (χ1) is 18.6. The molecule has 0 spiro atoms. The van der Waals surface area contributed by atoms with E-state index in [2.05, 4.69) is 0 Å². The van der Waals surface area contributed by atoms with Gasteiger partial charge in [-0.2, -0.15) is 43.9 Å². The van der Waals surface area contributed by atoms with Crippen molar-refractivity contribution in [2.45, 2.75) is 37.5 Å². The van der Waals surface area contributed by atoms with E-state index in [4.69, 9.17) is 0 Å². The molecule has 0 unspecified atom stereocenters. The Hall–Kier alpha value is -3.84. The quantitative estimate of drug-likeness (QED) is 0.195. The Morgan fingerprint density at radius 1 is 0.600 bits per heavy atom. The van der Waals surface area contributed by atoms with Gasteiger partial charge in [0.2, 0.25) is 26.4 Å². The molecule has 2 aliphatic rings. The number of hydrogen-bond donors (Lipinski definition) is 0. The molecular formula is C26H20F10N4+2. The van der Waals surface area contributed by atoms with E-state index in [1.165, 1.54) is 15.4 Å². The van der Waals surface area contributed by atoms with E-state index >= 15 is 0 Å². The van der Waals surface area contributed by atoms with Gasteiger partial charge in [-0.25, -0.2) is 9.15 Å². The molecular weight excluding hydrogens is 558 g/mol. The van der Waals surface area contributed by atoms with Crippen molar-refractivity contribution >= 4 is 34.2 Å². The molecule has 0 bridgehead atoms. The number of rotatable bonds is 4. The zero-order valence-corrected chi connectivity index (χ0v) is 20.3. The second-order valence-corrected chi connectivity index (χ2v) is 9.57. The molecule has 4 nitrogen and oxygen atoms in total. The van der Waals surface area contributed by atoms with Gasteiger partial charge in [0, 0.05) is 23.2 Å². The average molecular weight is 578 g/mol. The minimum atomic E-state index is -6.31. The molecule has 2 aliphatic heterocycles. The van der Waals surface area contributed by atoms with Crippen molar-refractivity contribution in [1.29, 1.82) is 0 Å². The van der Waals surface area contributed by atoms with Crippen molar-refractivity contribution in [1.82, 2.24) is 9.13 Å². The van der Waals surface area contributed by atoms with Gasteiger partial charge >= 0.3 is 24.2 Å². The molecule has 212 valence electrons. The highest BCUT2D eigenvalue weighted by molar-refractivity contribution is 5.98. The summed E-state index contributed by atoms with van der Waals surface area (Å²) in [5.41, 5.74) is 3.04. The van der Waals surface area contributed by atoms with Crippen LogP contribution in [0.3, 0.4) is 0 Å². The van der Waals surface area contributed by atoms with E-state index in [-0.39, 0.29) is 13.3 Å². The summed E-state index contributed by atoms with van der Waals surface area (Å²) < 4.78 is 132. The summed E-state index contributed by atoms with van der Waals surface area (Å²) in [4.78, 5) is 0. The highest BCUT2D eigenvalue weighted by Crippen LogP contribution is 2.46. The largest absolute Gasteiger partial charge is 0.460 e. The third-order valence-corrected chi connectivity index (χ3v) is 6.55. The van der Waals surface area contributed by atoms with Crippen molar-refractivity contribution in [3.8, 4) is 0 Å². The molecule has 4 aromatic rings. The molecule has 0 N–H and O–H groups in total. The van der Waals surface area contributed by atoms with Crippen LogP contribution in [-0.4, -0.2) is 68.0 Å². The number of hydrogen-bond acceptors (Lipinski definition) is 0. The number of aromatic nitrogens is 2. The van der Waals surface area contributed by atoms with Gasteiger partial charge in [0.15, 0.2) is 12.4 Å². The van der Waals surface area contributed by atoms with Gasteiger partial charge in [-0.15, -0.1) is 0 Å². The number of alkyl halides is 10.